The van der Waals surface area contributed by atoms with Gasteiger partial charge in [0.05, 0.1) is 0 Å². The van der Waals surface area contributed by atoms with Crippen LogP contribution in [0.2, 0.25) is 29.8 Å². The Morgan fingerprint density at radius 2 is 0.844 bits per heavy atom. The van der Waals surface area contributed by atoms with E-state index in [0.29, 0.717) is 0 Å². The predicted octanol–water partition coefficient (Wildman–Crippen LogP) is 13.6. The molecule has 4 saturated carbocycles. The molecule has 45 heavy (non-hydrogen) atoms. The molecule has 0 spiro atoms. The molecule has 2 radical (unpaired) electrons. The van der Waals surface area contributed by atoms with Crippen LogP contribution in [-0.2, 0) is 43.4 Å². The average Bonchev–Trinajstić information content (AvgIpc) is 3.23. The Kier molecular flexibility index (Phi) is 25.7. The van der Waals surface area contributed by atoms with E-state index in [1.807, 2.05) is 11.8 Å². The van der Waals surface area contributed by atoms with Crippen molar-refractivity contribution < 1.29 is 43.4 Å². The molecule has 2 nitrogen and oxygen atoms in total. The van der Waals surface area contributed by atoms with Crippen LogP contribution in [0.4, 0.5) is 0 Å². The van der Waals surface area contributed by atoms with Gasteiger partial charge in [-0.15, -0.1) is 11.1 Å². The molecule has 4 fully saturated rings. The van der Waals surface area contributed by atoms with E-state index in [0.717, 1.165) is 46.6 Å². The van der Waals surface area contributed by atoms with Crippen molar-refractivity contribution in [2.45, 2.75) is 162 Å². The standard InChI is InChI=1S/C33H62N2Si2.6CH3.2Ti/c1-22-15-13-17-26-28(22)19-24(3)30(26)36(11,34-32(5,6)7)21-37(12,35-33(8,9)10)31-25(4)20-29-23(2)16-14-18-27(29)31;;;;;;;;/h22-25,28-31H,13-21H2,1-12H3;6*1H3;;/q-2;6*-1;2*+4. The Bertz CT molecular complexity index is 735. The zero-order chi connectivity index (χ0) is 27.6. The fourth-order valence-corrected chi connectivity index (χ4v) is 27.4. The molecule has 0 saturated heterocycles. The second-order valence-electron chi connectivity index (χ2n) is 16.9. The summed E-state index contributed by atoms with van der Waals surface area (Å²) in [6, 6.07) is 0. The van der Waals surface area contributed by atoms with Crippen LogP contribution in [0.5, 0.6) is 0 Å². The molecule has 4 aliphatic rings. The van der Waals surface area contributed by atoms with E-state index < -0.39 is 16.5 Å². The van der Waals surface area contributed by atoms with Gasteiger partial charge in [0, 0.05) is 0 Å². The molecule has 262 valence electrons. The molecule has 0 aromatic rings. The maximum Gasteiger partial charge on any atom is 4.00 e. The van der Waals surface area contributed by atoms with E-state index in [2.05, 4.69) is 82.3 Å². The van der Waals surface area contributed by atoms with Crippen LogP contribution in [0, 0.1) is 91.9 Å². The third kappa shape index (κ3) is 12.5. The molecule has 10 atom stereocenters. The van der Waals surface area contributed by atoms with Gasteiger partial charge in [0.1, 0.15) is 0 Å². The molecule has 0 aromatic heterocycles. The molecular formula is C39H80N2Si2Ti2. The molecule has 6 heteroatoms. The van der Waals surface area contributed by atoms with E-state index >= 15 is 0 Å². The van der Waals surface area contributed by atoms with Gasteiger partial charge in [-0.1, -0.05) is 141 Å². The monoisotopic (exact) mass is 728 g/mol. The average molecular weight is 729 g/mol. The van der Waals surface area contributed by atoms with Crippen molar-refractivity contribution in [2.24, 2.45) is 35.5 Å². The SMILES string of the molecule is CC1CCC[C]2C1CC(C)C2[Si](C)(C[Si](C)([N-]C(C)(C)C)C1[C]2CCCC(C)C2CC1C)[N-]C(C)(C)C.[CH3-].[CH3-].[CH3-].[CH3-].[CH3-].[CH3-].[Ti+4].[Ti+4]. The molecular weight excluding hydrogens is 648 g/mol. The number of hydrogen-bond acceptors (Lipinski definition) is 0. The Morgan fingerprint density at radius 3 is 1.11 bits per heavy atom. The van der Waals surface area contributed by atoms with Crippen molar-refractivity contribution >= 4 is 16.5 Å². The van der Waals surface area contributed by atoms with Gasteiger partial charge in [-0.25, -0.2) is 0 Å². The maximum absolute atomic E-state index is 6.00. The van der Waals surface area contributed by atoms with Gasteiger partial charge in [-0.3, -0.25) is 0 Å². The first kappa shape index (κ1) is 56.2. The Hall–Kier alpha value is 1.78. The van der Waals surface area contributed by atoms with Gasteiger partial charge in [0.15, 0.2) is 0 Å². The summed E-state index contributed by atoms with van der Waals surface area (Å²) < 4.78 is 0. The zero-order valence-corrected chi connectivity index (χ0v) is 39.0. The third-order valence-corrected chi connectivity index (χ3v) is 23.7. The fraction of sp³-hybridized carbons (Fsp3) is 0.795. The van der Waals surface area contributed by atoms with Crippen molar-refractivity contribution in [3.05, 3.63) is 66.4 Å². The molecule has 4 rings (SSSR count). The van der Waals surface area contributed by atoms with Crippen LogP contribution in [0.1, 0.15) is 121 Å². The van der Waals surface area contributed by atoms with Crippen molar-refractivity contribution in [3.63, 3.8) is 0 Å². The summed E-state index contributed by atoms with van der Waals surface area (Å²) in [4.78, 5) is 12.0. The third-order valence-electron chi connectivity index (χ3n) is 11.0. The molecule has 0 N–H and O–H groups in total. The fourth-order valence-electron chi connectivity index (χ4n) is 10.8. The smallest absolute Gasteiger partial charge is 0.660 e. The van der Waals surface area contributed by atoms with E-state index in [1.54, 1.807) is 0 Å². The Balaban J connectivity index is -0.000000667. The van der Waals surface area contributed by atoms with Crippen LogP contribution >= 0.6 is 0 Å². The molecule has 0 aliphatic heterocycles. The van der Waals surface area contributed by atoms with Gasteiger partial charge in [0.25, 0.3) is 0 Å². The molecule has 0 amide bonds. The summed E-state index contributed by atoms with van der Waals surface area (Å²) in [7, 11) is -4.03. The summed E-state index contributed by atoms with van der Waals surface area (Å²) in [5.41, 5.74) is 2.97. The molecule has 10 unspecified atom stereocenters. The molecule has 0 bridgehead atoms. The van der Waals surface area contributed by atoms with Crippen LogP contribution in [-0.4, -0.2) is 27.5 Å². The first-order valence-corrected chi connectivity index (χ1v) is 21.6. The van der Waals surface area contributed by atoms with E-state index in [4.69, 9.17) is 9.96 Å². The molecule has 0 aromatic carbocycles. The number of nitrogens with zero attached hydrogens (tertiary/aromatic N) is 2. The second kappa shape index (κ2) is 20.6. The van der Waals surface area contributed by atoms with Crippen molar-refractivity contribution in [1.29, 1.82) is 0 Å². The normalized spacial score (nSPS) is 33.9. The second-order valence-corrected chi connectivity index (χ2v) is 25.5. The minimum atomic E-state index is -2.02. The van der Waals surface area contributed by atoms with Crippen molar-refractivity contribution in [1.82, 2.24) is 0 Å². The van der Waals surface area contributed by atoms with Gasteiger partial charge in [0.2, 0.25) is 0 Å². The quantitative estimate of drug-likeness (QED) is 0.192. The summed E-state index contributed by atoms with van der Waals surface area (Å²) in [5, 5.41) is 0. The first-order valence-electron chi connectivity index (χ1n) is 16.1. The van der Waals surface area contributed by atoms with Gasteiger partial charge >= 0.3 is 43.4 Å². The predicted molar refractivity (Wildman–Crippen MR) is 207 cm³/mol. The van der Waals surface area contributed by atoms with E-state index in [9.17, 15) is 0 Å². The molecule has 4 aliphatic carbocycles. The Morgan fingerprint density at radius 1 is 0.556 bits per heavy atom. The largest absolute Gasteiger partial charge is 4.00 e. The number of fused-ring (bicyclic) bond motifs is 2. The molecule has 0 heterocycles. The van der Waals surface area contributed by atoms with E-state index in [-0.39, 0.29) is 99.1 Å². The summed E-state index contributed by atoms with van der Waals surface area (Å²) in [6.07, 6.45) is 11.3. The van der Waals surface area contributed by atoms with Gasteiger partial charge in [-0.05, 0) is 73.0 Å². The maximum atomic E-state index is 6.00. The van der Waals surface area contributed by atoms with Crippen molar-refractivity contribution in [3.8, 4) is 0 Å². The van der Waals surface area contributed by atoms with E-state index in [1.165, 1.54) is 57.0 Å². The number of hydrogen-bond donors (Lipinski definition) is 0. The zero-order valence-electron chi connectivity index (χ0n) is 33.9. The van der Waals surface area contributed by atoms with Crippen molar-refractivity contribution in [2.75, 3.05) is 0 Å². The first-order chi connectivity index (χ1) is 16.9. The van der Waals surface area contributed by atoms with Gasteiger partial charge in [-0.2, -0.15) is 0 Å². The minimum absolute atomic E-state index is 0. The Labute approximate surface area is 321 Å². The van der Waals surface area contributed by atoms with Gasteiger partial charge < -0.3 is 54.5 Å². The van der Waals surface area contributed by atoms with Crippen LogP contribution in [0.3, 0.4) is 0 Å². The van der Waals surface area contributed by atoms with Crippen LogP contribution < -0.4 is 0 Å². The minimum Gasteiger partial charge on any atom is -0.660 e. The summed E-state index contributed by atoms with van der Waals surface area (Å²) in [6.45, 7) is 30.1. The van der Waals surface area contributed by atoms with Crippen LogP contribution in [0.25, 0.3) is 9.96 Å². The number of rotatable bonds is 6. The summed E-state index contributed by atoms with van der Waals surface area (Å²) in [5.74, 6) is 9.02. The topological polar surface area (TPSA) is 28.2 Å². The van der Waals surface area contributed by atoms with Crippen LogP contribution in [0.15, 0.2) is 0 Å². The summed E-state index contributed by atoms with van der Waals surface area (Å²) >= 11 is 0.